The van der Waals surface area contributed by atoms with E-state index in [1.165, 1.54) is 12.8 Å². The van der Waals surface area contributed by atoms with Gasteiger partial charge in [-0.1, -0.05) is 12.8 Å². The summed E-state index contributed by atoms with van der Waals surface area (Å²) >= 11 is 1.91. The Morgan fingerprint density at radius 3 is 2.53 bits per heavy atom. The Morgan fingerprint density at radius 2 is 1.84 bits per heavy atom. The third kappa shape index (κ3) is 2.76. The molecule has 0 aromatic carbocycles. The van der Waals surface area contributed by atoms with Gasteiger partial charge in [0.2, 0.25) is 11.8 Å². The molecule has 2 saturated heterocycles. The molecule has 0 spiro atoms. The van der Waals surface area contributed by atoms with Crippen LogP contribution >= 0.6 is 11.8 Å². The van der Waals surface area contributed by atoms with E-state index in [1.54, 1.807) is 0 Å². The molecule has 19 heavy (non-hydrogen) atoms. The van der Waals surface area contributed by atoms with Gasteiger partial charge in [-0.05, 0) is 12.8 Å². The van der Waals surface area contributed by atoms with Crippen molar-refractivity contribution < 1.29 is 9.59 Å². The summed E-state index contributed by atoms with van der Waals surface area (Å²) in [5.74, 6) is 2.43. The van der Waals surface area contributed by atoms with Crippen LogP contribution in [-0.4, -0.2) is 58.8 Å². The topological polar surface area (TPSA) is 40.6 Å². The lowest BCUT2D eigenvalue weighted by atomic mass is 10.1. The number of hydrogen-bond acceptors (Lipinski definition) is 3. The zero-order valence-electron chi connectivity index (χ0n) is 11.3. The summed E-state index contributed by atoms with van der Waals surface area (Å²) in [6.07, 6.45) is 5.17. The minimum absolute atomic E-state index is 0.0730. The molecule has 3 fully saturated rings. The van der Waals surface area contributed by atoms with Crippen molar-refractivity contribution in [2.45, 2.75) is 38.1 Å². The third-order valence-corrected chi connectivity index (χ3v) is 5.54. The van der Waals surface area contributed by atoms with Gasteiger partial charge in [-0.2, -0.15) is 11.8 Å². The smallest absolute Gasteiger partial charge is 0.228 e. The molecule has 3 rings (SSSR count). The Labute approximate surface area is 118 Å². The molecule has 0 bridgehead atoms. The first-order chi connectivity index (χ1) is 9.25. The lowest BCUT2D eigenvalue weighted by Gasteiger charge is -2.29. The number of carbonyl (C=O) groups is 2. The van der Waals surface area contributed by atoms with Gasteiger partial charge in [-0.3, -0.25) is 9.59 Å². The highest BCUT2D eigenvalue weighted by atomic mass is 32.2. The quantitative estimate of drug-likeness (QED) is 0.768. The second-order valence-corrected chi connectivity index (χ2v) is 7.05. The maximum atomic E-state index is 12.4. The van der Waals surface area contributed by atoms with Crippen LogP contribution in [0.1, 0.15) is 32.1 Å². The zero-order valence-corrected chi connectivity index (χ0v) is 12.2. The predicted molar refractivity (Wildman–Crippen MR) is 76.0 cm³/mol. The molecule has 4 nitrogen and oxygen atoms in total. The molecule has 1 atom stereocenters. The van der Waals surface area contributed by atoms with Crippen molar-refractivity contribution >= 4 is 23.6 Å². The van der Waals surface area contributed by atoms with Crippen molar-refractivity contribution in [2.75, 3.05) is 31.1 Å². The molecule has 0 radical (unpaired) electrons. The first-order valence-electron chi connectivity index (χ1n) is 7.41. The number of thioether (sulfide) groups is 1. The van der Waals surface area contributed by atoms with Crippen LogP contribution in [0.3, 0.4) is 0 Å². The first kappa shape index (κ1) is 13.3. The van der Waals surface area contributed by atoms with E-state index in [0.29, 0.717) is 19.0 Å². The molecule has 106 valence electrons. The zero-order chi connectivity index (χ0) is 13.2. The van der Waals surface area contributed by atoms with Gasteiger partial charge in [0.05, 0.1) is 5.92 Å². The van der Waals surface area contributed by atoms with Gasteiger partial charge < -0.3 is 9.80 Å². The van der Waals surface area contributed by atoms with E-state index in [0.717, 1.165) is 37.4 Å². The maximum Gasteiger partial charge on any atom is 0.228 e. The van der Waals surface area contributed by atoms with Gasteiger partial charge in [0.25, 0.3) is 0 Å². The summed E-state index contributed by atoms with van der Waals surface area (Å²) in [4.78, 5) is 28.5. The lowest BCUT2D eigenvalue weighted by molar-refractivity contribution is -0.135. The minimum Gasteiger partial charge on any atom is -0.341 e. The average molecular weight is 282 g/mol. The van der Waals surface area contributed by atoms with Crippen molar-refractivity contribution in [1.82, 2.24) is 9.80 Å². The van der Waals surface area contributed by atoms with Crippen molar-refractivity contribution in [1.29, 1.82) is 0 Å². The summed E-state index contributed by atoms with van der Waals surface area (Å²) in [6, 6.07) is 0.419. The van der Waals surface area contributed by atoms with Crippen LogP contribution in [0.4, 0.5) is 0 Å². The standard InChI is InChI=1S/C14H22N2O2S/c17-13-9-11(10-16(13)12-3-1-2-4-12)14(18)15-5-7-19-8-6-15/h11-12H,1-10H2. The third-order valence-electron chi connectivity index (χ3n) is 4.60. The van der Waals surface area contributed by atoms with Gasteiger partial charge in [0, 0.05) is 43.6 Å². The van der Waals surface area contributed by atoms with E-state index in [1.807, 2.05) is 21.6 Å². The van der Waals surface area contributed by atoms with Crippen molar-refractivity contribution in [3.8, 4) is 0 Å². The Bertz CT molecular complexity index is 362. The van der Waals surface area contributed by atoms with Gasteiger partial charge in [-0.25, -0.2) is 0 Å². The summed E-state index contributed by atoms with van der Waals surface area (Å²) < 4.78 is 0. The normalized spacial score (nSPS) is 29.3. The van der Waals surface area contributed by atoms with Crippen LogP contribution in [0.15, 0.2) is 0 Å². The van der Waals surface area contributed by atoms with Gasteiger partial charge in [0.1, 0.15) is 0 Å². The second-order valence-electron chi connectivity index (χ2n) is 5.82. The highest BCUT2D eigenvalue weighted by Crippen LogP contribution is 2.30. The predicted octanol–water partition coefficient (Wildman–Crippen LogP) is 1.35. The van der Waals surface area contributed by atoms with Gasteiger partial charge >= 0.3 is 0 Å². The maximum absolute atomic E-state index is 12.4. The van der Waals surface area contributed by atoms with E-state index >= 15 is 0 Å². The van der Waals surface area contributed by atoms with E-state index < -0.39 is 0 Å². The molecule has 5 heteroatoms. The number of likely N-dealkylation sites (tertiary alicyclic amines) is 1. The van der Waals surface area contributed by atoms with Crippen LogP contribution in [0.2, 0.25) is 0 Å². The summed E-state index contributed by atoms with van der Waals surface area (Å²) in [7, 11) is 0. The van der Waals surface area contributed by atoms with E-state index in [-0.39, 0.29) is 17.7 Å². The summed E-state index contributed by atoms with van der Waals surface area (Å²) in [5.41, 5.74) is 0. The SMILES string of the molecule is O=C(C1CC(=O)N(C2CCCC2)C1)N1CCSCC1. The molecule has 0 aromatic rings. The Hall–Kier alpha value is -0.710. The number of hydrogen-bond donors (Lipinski definition) is 0. The van der Waals surface area contributed by atoms with Crippen LogP contribution in [-0.2, 0) is 9.59 Å². The van der Waals surface area contributed by atoms with Crippen molar-refractivity contribution in [3.05, 3.63) is 0 Å². The monoisotopic (exact) mass is 282 g/mol. The van der Waals surface area contributed by atoms with Crippen LogP contribution in [0.5, 0.6) is 0 Å². The van der Waals surface area contributed by atoms with Gasteiger partial charge in [0.15, 0.2) is 0 Å². The van der Waals surface area contributed by atoms with Crippen molar-refractivity contribution in [2.24, 2.45) is 5.92 Å². The molecule has 0 N–H and O–H groups in total. The summed E-state index contributed by atoms with van der Waals surface area (Å²) in [5, 5.41) is 0. The molecule has 3 aliphatic rings. The highest BCUT2D eigenvalue weighted by Gasteiger charge is 2.40. The van der Waals surface area contributed by atoms with Crippen LogP contribution in [0.25, 0.3) is 0 Å². The highest BCUT2D eigenvalue weighted by molar-refractivity contribution is 7.99. The minimum atomic E-state index is -0.0730. The molecule has 2 heterocycles. The fourth-order valence-electron chi connectivity index (χ4n) is 3.51. The Kier molecular flexibility index (Phi) is 4.01. The largest absolute Gasteiger partial charge is 0.341 e. The van der Waals surface area contributed by atoms with E-state index in [4.69, 9.17) is 0 Å². The second kappa shape index (κ2) is 5.73. The molecular formula is C14H22N2O2S. The molecule has 0 aromatic heterocycles. The lowest BCUT2D eigenvalue weighted by Crippen LogP contribution is -2.42. The summed E-state index contributed by atoms with van der Waals surface area (Å²) in [6.45, 7) is 2.39. The molecule has 1 aliphatic carbocycles. The van der Waals surface area contributed by atoms with Crippen LogP contribution in [0, 0.1) is 5.92 Å². The number of nitrogens with zero attached hydrogens (tertiary/aromatic N) is 2. The number of amides is 2. The molecular weight excluding hydrogens is 260 g/mol. The molecule has 1 unspecified atom stereocenters. The molecule has 2 amide bonds. The number of rotatable bonds is 2. The van der Waals surface area contributed by atoms with E-state index in [2.05, 4.69) is 0 Å². The Balaban J connectivity index is 1.60. The van der Waals surface area contributed by atoms with Crippen molar-refractivity contribution in [3.63, 3.8) is 0 Å². The fraction of sp³-hybridized carbons (Fsp3) is 0.857. The molecule has 1 saturated carbocycles. The van der Waals surface area contributed by atoms with Gasteiger partial charge in [-0.15, -0.1) is 0 Å². The molecule has 2 aliphatic heterocycles. The first-order valence-corrected chi connectivity index (χ1v) is 8.57. The fourth-order valence-corrected chi connectivity index (χ4v) is 4.41. The number of carbonyl (C=O) groups excluding carboxylic acids is 2. The van der Waals surface area contributed by atoms with E-state index in [9.17, 15) is 9.59 Å². The average Bonchev–Trinajstić information content (AvgIpc) is 3.08. The Morgan fingerprint density at radius 1 is 1.16 bits per heavy atom. The van der Waals surface area contributed by atoms with Crippen LogP contribution < -0.4 is 0 Å².